The first-order valence-electron chi connectivity index (χ1n) is 6.26. The molecular formula is C13H13BrFNO5. The zero-order valence-corrected chi connectivity index (χ0v) is 12.8. The fourth-order valence-corrected chi connectivity index (χ4v) is 2.72. The summed E-state index contributed by atoms with van der Waals surface area (Å²) in [7, 11) is 1.27. The minimum Gasteiger partial charge on any atom is -0.479 e. The summed E-state index contributed by atoms with van der Waals surface area (Å²) in [6.07, 6.45) is 2.03. The lowest BCUT2D eigenvalue weighted by Gasteiger charge is -2.41. The van der Waals surface area contributed by atoms with Crippen LogP contribution in [-0.2, 0) is 9.53 Å². The van der Waals surface area contributed by atoms with Crippen molar-refractivity contribution in [2.24, 2.45) is 0 Å². The Morgan fingerprint density at radius 1 is 1.52 bits per heavy atom. The number of hydrogen-bond acceptors (Lipinski definition) is 5. The summed E-state index contributed by atoms with van der Waals surface area (Å²) in [6.45, 7) is 0. The summed E-state index contributed by atoms with van der Waals surface area (Å²) in [5.74, 6) is -1.25. The molecule has 1 fully saturated rings. The van der Waals surface area contributed by atoms with Crippen LogP contribution in [0.4, 0.5) is 10.1 Å². The van der Waals surface area contributed by atoms with Gasteiger partial charge in [0.15, 0.2) is 0 Å². The molecule has 6 nitrogen and oxygen atoms in total. The molecule has 0 radical (unpaired) electrons. The highest BCUT2D eigenvalue weighted by Crippen LogP contribution is 2.45. The molecule has 1 aromatic carbocycles. The number of nitro benzene ring substituents is 1. The van der Waals surface area contributed by atoms with Crippen LogP contribution in [0.15, 0.2) is 16.6 Å². The van der Waals surface area contributed by atoms with Gasteiger partial charge in [-0.3, -0.25) is 14.9 Å². The Hall–Kier alpha value is -1.70. The summed E-state index contributed by atoms with van der Waals surface area (Å²) in [6, 6.07) is 1.89. The van der Waals surface area contributed by atoms with E-state index in [0.717, 1.165) is 18.6 Å². The van der Waals surface area contributed by atoms with E-state index < -0.39 is 28.0 Å². The Balaban J connectivity index is 2.33. The Morgan fingerprint density at radius 2 is 2.19 bits per heavy atom. The molecule has 21 heavy (non-hydrogen) atoms. The van der Waals surface area contributed by atoms with Crippen LogP contribution in [-0.4, -0.2) is 23.6 Å². The van der Waals surface area contributed by atoms with E-state index in [4.69, 9.17) is 4.74 Å². The zero-order valence-electron chi connectivity index (χ0n) is 11.2. The number of carbonyl (C=O) groups excluding carboxylic acids is 1. The van der Waals surface area contributed by atoms with Gasteiger partial charge in [0.2, 0.25) is 5.75 Å². The maximum Gasteiger partial charge on any atom is 0.315 e. The third-order valence-corrected chi connectivity index (χ3v) is 4.05. The number of nitro groups is 1. The fraction of sp³-hybridized carbons (Fsp3) is 0.462. The van der Waals surface area contributed by atoms with E-state index >= 15 is 0 Å². The van der Waals surface area contributed by atoms with E-state index in [1.165, 1.54) is 7.11 Å². The van der Waals surface area contributed by atoms with Gasteiger partial charge in [0.25, 0.3) is 0 Å². The van der Waals surface area contributed by atoms with E-state index in [0.29, 0.717) is 12.8 Å². The molecule has 0 spiro atoms. The van der Waals surface area contributed by atoms with Crippen molar-refractivity contribution >= 4 is 27.6 Å². The first kappa shape index (κ1) is 15.7. The summed E-state index contributed by atoms with van der Waals surface area (Å²) < 4.78 is 23.8. The van der Waals surface area contributed by atoms with Gasteiger partial charge in [-0.1, -0.05) is 0 Å². The number of nitrogens with zero attached hydrogens (tertiary/aromatic N) is 1. The van der Waals surface area contributed by atoms with Gasteiger partial charge in [-0.15, -0.1) is 0 Å². The molecule has 1 saturated carbocycles. The molecule has 0 aromatic heterocycles. The van der Waals surface area contributed by atoms with Crippen molar-refractivity contribution < 1.29 is 23.6 Å². The maximum absolute atomic E-state index is 13.3. The van der Waals surface area contributed by atoms with E-state index in [1.807, 2.05) is 0 Å². The van der Waals surface area contributed by atoms with Crippen molar-refractivity contribution in [3.05, 3.63) is 32.5 Å². The topological polar surface area (TPSA) is 78.7 Å². The lowest BCUT2D eigenvalue weighted by atomic mass is 9.77. The molecule has 0 heterocycles. The molecule has 0 bridgehead atoms. The van der Waals surface area contributed by atoms with Crippen molar-refractivity contribution in [1.29, 1.82) is 0 Å². The molecule has 0 aliphatic heterocycles. The zero-order chi connectivity index (χ0) is 15.6. The van der Waals surface area contributed by atoms with Crippen LogP contribution in [0.25, 0.3) is 0 Å². The SMILES string of the molecule is COC(=O)CC1(Oc2c(Br)cc(F)cc2[N+](=O)[O-])CCC1. The van der Waals surface area contributed by atoms with E-state index in [2.05, 4.69) is 20.7 Å². The van der Waals surface area contributed by atoms with Crippen molar-refractivity contribution in [1.82, 2.24) is 0 Å². The van der Waals surface area contributed by atoms with Crippen LogP contribution in [0.1, 0.15) is 25.7 Å². The number of methoxy groups -OCH3 is 1. The van der Waals surface area contributed by atoms with Gasteiger partial charge in [0.1, 0.15) is 11.4 Å². The van der Waals surface area contributed by atoms with Crippen LogP contribution in [0, 0.1) is 15.9 Å². The molecule has 114 valence electrons. The molecule has 0 atom stereocenters. The van der Waals surface area contributed by atoms with E-state index in [1.54, 1.807) is 0 Å². The standard InChI is InChI=1S/C13H13BrFNO5/c1-20-11(17)7-13(3-2-4-13)21-12-9(14)5-8(15)6-10(12)16(18)19/h5-6H,2-4,7H2,1H3. The fourth-order valence-electron chi connectivity index (χ4n) is 2.22. The van der Waals surface area contributed by atoms with Crippen molar-refractivity contribution in [3.8, 4) is 5.75 Å². The first-order chi connectivity index (χ1) is 9.87. The van der Waals surface area contributed by atoms with Gasteiger partial charge in [-0.25, -0.2) is 4.39 Å². The maximum atomic E-state index is 13.3. The second-order valence-corrected chi connectivity index (χ2v) is 5.74. The third-order valence-electron chi connectivity index (χ3n) is 3.46. The minimum absolute atomic E-state index is 0.00444. The third kappa shape index (κ3) is 3.31. The monoisotopic (exact) mass is 361 g/mol. The predicted octanol–water partition coefficient (Wildman–Crippen LogP) is 3.36. The molecule has 1 aliphatic carbocycles. The van der Waals surface area contributed by atoms with Gasteiger partial charge >= 0.3 is 11.7 Å². The summed E-state index contributed by atoms with van der Waals surface area (Å²) in [5, 5.41) is 11.0. The van der Waals surface area contributed by atoms with Gasteiger partial charge in [0, 0.05) is 0 Å². The Morgan fingerprint density at radius 3 is 2.67 bits per heavy atom. The quantitative estimate of drug-likeness (QED) is 0.456. The number of hydrogen-bond donors (Lipinski definition) is 0. The molecule has 0 saturated heterocycles. The van der Waals surface area contributed by atoms with Crippen LogP contribution in [0.3, 0.4) is 0 Å². The normalized spacial score (nSPS) is 16.0. The number of halogens is 2. The minimum atomic E-state index is -0.821. The molecule has 0 N–H and O–H groups in total. The van der Waals surface area contributed by atoms with Gasteiger partial charge in [-0.05, 0) is 41.3 Å². The molecular weight excluding hydrogens is 349 g/mol. The highest BCUT2D eigenvalue weighted by Gasteiger charge is 2.43. The summed E-state index contributed by atoms with van der Waals surface area (Å²) in [5.41, 5.74) is -1.30. The Labute approximate surface area is 128 Å². The van der Waals surface area contributed by atoms with Crippen LogP contribution in [0.5, 0.6) is 5.75 Å². The lowest BCUT2D eigenvalue weighted by molar-refractivity contribution is -0.386. The van der Waals surface area contributed by atoms with Gasteiger partial charge in [0.05, 0.1) is 29.0 Å². The Kier molecular flexibility index (Phi) is 4.46. The lowest BCUT2D eigenvalue weighted by Crippen LogP contribution is -2.45. The van der Waals surface area contributed by atoms with Crippen molar-refractivity contribution in [2.45, 2.75) is 31.3 Å². The largest absolute Gasteiger partial charge is 0.479 e. The van der Waals surface area contributed by atoms with Crippen LogP contribution < -0.4 is 4.74 Å². The number of esters is 1. The molecule has 1 aromatic rings. The average molecular weight is 362 g/mol. The highest BCUT2D eigenvalue weighted by atomic mass is 79.9. The number of benzene rings is 1. The molecule has 8 heteroatoms. The Bertz CT molecular complexity index is 588. The smallest absolute Gasteiger partial charge is 0.315 e. The second kappa shape index (κ2) is 5.97. The number of carbonyl (C=O) groups is 1. The molecule has 0 amide bonds. The molecule has 2 rings (SSSR count). The first-order valence-corrected chi connectivity index (χ1v) is 7.05. The van der Waals surface area contributed by atoms with Gasteiger partial charge in [-0.2, -0.15) is 0 Å². The second-order valence-electron chi connectivity index (χ2n) is 4.88. The van der Waals surface area contributed by atoms with Gasteiger partial charge < -0.3 is 9.47 Å². The summed E-state index contributed by atoms with van der Waals surface area (Å²) in [4.78, 5) is 21.8. The predicted molar refractivity (Wildman–Crippen MR) is 74.6 cm³/mol. The number of ether oxygens (including phenoxy) is 2. The summed E-state index contributed by atoms with van der Waals surface area (Å²) >= 11 is 3.07. The number of rotatable bonds is 5. The highest BCUT2D eigenvalue weighted by molar-refractivity contribution is 9.10. The van der Waals surface area contributed by atoms with E-state index in [-0.39, 0.29) is 16.6 Å². The van der Waals surface area contributed by atoms with Crippen molar-refractivity contribution in [2.75, 3.05) is 7.11 Å². The van der Waals surface area contributed by atoms with Crippen molar-refractivity contribution in [3.63, 3.8) is 0 Å². The van der Waals surface area contributed by atoms with E-state index in [9.17, 15) is 19.3 Å². The molecule has 0 unspecified atom stereocenters. The van der Waals surface area contributed by atoms with Crippen LogP contribution in [0.2, 0.25) is 0 Å². The molecule has 1 aliphatic rings. The average Bonchev–Trinajstić information content (AvgIpc) is 2.37. The van der Waals surface area contributed by atoms with Crippen LogP contribution >= 0.6 is 15.9 Å².